The molecule has 1 aliphatic carbocycles. The largest absolute Gasteiger partial charge is 0.463 e. The van der Waals surface area contributed by atoms with Gasteiger partial charge in [-0.25, -0.2) is 4.79 Å². The molecule has 1 aliphatic heterocycles. The fraction of sp³-hybridized carbons (Fsp3) is 0.533. The first-order chi connectivity index (χ1) is 10.7. The molecule has 0 aromatic heterocycles. The lowest BCUT2D eigenvalue weighted by Gasteiger charge is -2.10. The van der Waals surface area contributed by atoms with Crippen LogP contribution in [-0.4, -0.2) is 42.0 Å². The molecule has 6 nitrogen and oxygen atoms in total. The zero-order valence-electron chi connectivity index (χ0n) is 12.6. The van der Waals surface area contributed by atoms with Crippen LogP contribution in [0.5, 0.6) is 0 Å². The number of ether oxygens (including phenoxy) is 1. The number of esters is 1. The second kappa shape index (κ2) is 6.42. The van der Waals surface area contributed by atoms with Crippen molar-refractivity contribution in [2.24, 2.45) is 17.3 Å². The number of urea groups is 1. The van der Waals surface area contributed by atoms with Gasteiger partial charge in [-0.1, -0.05) is 43.0 Å². The molecular formula is C15H16Cl2N2O4. The maximum Gasteiger partial charge on any atom is 0.325 e. The highest BCUT2D eigenvalue weighted by Gasteiger charge is 2.61. The van der Waals surface area contributed by atoms with Gasteiger partial charge in [0.2, 0.25) is 0 Å². The van der Waals surface area contributed by atoms with Gasteiger partial charge < -0.3 is 10.1 Å². The number of imide groups is 1. The molecule has 3 amide bonds. The Labute approximate surface area is 144 Å². The van der Waals surface area contributed by atoms with Crippen LogP contribution in [0.2, 0.25) is 0 Å². The minimum Gasteiger partial charge on any atom is -0.463 e. The van der Waals surface area contributed by atoms with Crippen molar-refractivity contribution < 1.29 is 19.1 Å². The van der Waals surface area contributed by atoms with E-state index in [1.807, 2.05) is 13.8 Å². The topological polar surface area (TPSA) is 75.7 Å². The van der Waals surface area contributed by atoms with E-state index < -0.39 is 23.9 Å². The summed E-state index contributed by atoms with van der Waals surface area (Å²) in [6, 6.07) is -1.50. The summed E-state index contributed by atoms with van der Waals surface area (Å²) in [6.45, 7) is 3.44. The lowest BCUT2D eigenvalue weighted by molar-refractivity contribution is -0.147. The molecule has 0 aromatic rings. The van der Waals surface area contributed by atoms with Crippen molar-refractivity contribution in [2.45, 2.75) is 19.9 Å². The van der Waals surface area contributed by atoms with Crippen LogP contribution in [0.3, 0.4) is 0 Å². The average Bonchev–Trinajstić information content (AvgIpc) is 2.87. The molecule has 124 valence electrons. The molecule has 3 unspecified atom stereocenters. The van der Waals surface area contributed by atoms with Crippen LogP contribution in [0.25, 0.3) is 0 Å². The van der Waals surface area contributed by atoms with Gasteiger partial charge in [-0.2, -0.15) is 0 Å². The van der Waals surface area contributed by atoms with E-state index in [1.54, 1.807) is 6.08 Å². The lowest BCUT2D eigenvalue weighted by Crippen LogP contribution is -2.35. The minimum absolute atomic E-state index is 0.0986. The number of carbonyl (C=O) groups is 3. The van der Waals surface area contributed by atoms with Crippen molar-refractivity contribution in [3.8, 4) is 12.3 Å². The molecule has 1 saturated heterocycles. The predicted octanol–water partition coefficient (Wildman–Crippen LogP) is 1.67. The number of nitrogens with one attached hydrogen (secondary N) is 1. The molecular weight excluding hydrogens is 343 g/mol. The first kappa shape index (κ1) is 17.6. The van der Waals surface area contributed by atoms with E-state index >= 15 is 0 Å². The highest BCUT2D eigenvalue weighted by Crippen LogP contribution is 2.60. The molecule has 8 heteroatoms. The number of halogens is 2. The van der Waals surface area contributed by atoms with Crippen molar-refractivity contribution in [1.82, 2.24) is 10.2 Å². The average molecular weight is 359 g/mol. The molecule has 2 aliphatic rings. The standard InChI is InChI=1S/C15H16Cl2N2O4/c1-4-5-19-12(20)9(18-14(19)22)7-23-13(21)11-8(6-10(16)17)15(11,2)3/h1,6,8-9,11H,5,7H2,2-3H3,(H,18,22). The monoisotopic (exact) mass is 358 g/mol. The predicted molar refractivity (Wildman–Crippen MR) is 84.4 cm³/mol. The van der Waals surface area contributed by atoms with Crippen LogP contribution >= 0.6 is 23.2 Å². The Kier molecular flexibility index (Phi) is 4.92. The third-order valence-electron chi connectivity index (χ3n) is 4.22. The van der Waals surface area contributed by atoms with Gasteiger partial charge in [-0.15, -0.1) is 6.42 Å². The second-order valence-electron chi connectivity index (χ2n) is 6.04. The highest BCUT2D eigenvalue weighted by atomic mass is 35.5. The van der Waals surface area contributed by atoms with Gasteiger partial charge in [0.1, 0.15) is 17.1 Å². The van der Waals surface area contributed by atoms with Crippen molar-refractivity contribution in [1.29, 1.82) is 0 Å². The van der Waals surface area contributed by atoms with Gasteiger partial charge >= 0.3 is 12.0 Å². The summed E-state index contributed by atoms with van der Waals surface area (Å²) in [5.41, 5.74) is -0.315. The summed E-state index contributed by atoms with van der Waals surface area (Å²) < 4.78 is 5.27. The van der Waals surface area contributed by atoms with Crippen molar-refractivity contribution in [3.63, 3.8) is 0 Å². The van der Waals surface area contributed by atoms with Crippen molar-refractivity contribution in [3.05, 3.63) is 10.6 Å². The van der Waals surface area contributed by atoms with Crippen molar-refractivity contribution >= 4 is 41.1 Å². The number of rotatable bonds is 5. The number of allylic oxidation sites excluding steroid dienone is 1. The molecule has 3 atom stereocenters. The van der Waals surface area contributed by atoms with Gasteiger partial charge in [0.15, 0.2) is 0 Å². The Morgan fingerprint density at radius 2 is 2.13 bits per heavy atom. The van der Waals surface area contributed by atoms with Gasteiger partial charge in [0, 0.05) is 0 Å². The second-order valence-corrected chi connectivity index (χ2v) is 7.05. The maximum absolute atomic E-state index is 12.2. The fourth-order valence-electron chi connectivity index (χ4n) is 2.76. The maximum atomic E-state index is 12.2. The molecule has 1 N–H and O–H groups in total. The number of hydrogen-bond donors (Lipinski definition) is 1. The molecule has 23 heavy (non-hydrogen) atoms. The summed E-state index contributed by atoms with van der Waals surface area (Å²) in [7, 11) is 0. The van der Waals surface area contributed by atoms with Crippen LogP contribution in [0, 0.1) is 29.6 Å². The van der Waals surface area contributed by atoms with E-state index in [0.29, 0.717) is 0 Å². The number of nitrogens with zero attached hydrogens (tertiary/aromatic N) is 1. The molecule has 0 spiro atoms. The molecule has 1 saturated carbocycles. The lowest BCUT2D eigenvalue weighted by atomic mass is 10.1. The quantitative estimate of drug-likeness (QED) is 0.460. The van der Waals surface area contributed by atoms with Crippen LogP contribution in [-0.2, 0) is 14.3 Å². The van der Waals surface area contributed by atoms with Crippen molar-refractivity contribution in [2.75, 3.05) is 13.2 Å². The smallest absolute Gasteiger partial charge is 0.325 e. The first-order valence-corrected chi connectivity index (χ1v) is 7.70. The van der Waals surface area contributed by atoms with E-state index in [1.165, 1.54) is 0 Å². The summed E-state index contributed by atoms with van der Waals surface area (Å²) in [5.74, 6) is 0.761. The zero-order valence-corrected chi connectivity index (χ0v) is 14.1. The molecule has 2 fully saturated rings. The van der Waals surface area contributed by atoms with Gasteiger partial charge in [-0.3, -0.25) is 14.5 Å². The van der Waals surface area contributed by atoms with Crippen LogP contribution in [0.1, 0.15) is 13.8 Å². The Balaban J connectivity index is 1.91. The number of carbonyl (C=O) groups excluding carboxylic acids is 3. The number of hydrogen-bond acceptors (Lipinski definition) is 4. The molecule has 0 aromatic carbocycles. The molecule has 0 bridgehead atoms. The van der Waals surface area contributed by atoms with Crippen LogP contribution < -0.4 is 5.32 Å². The van der Waals surface area contributed by atoms with E-state index in [4.69, 9.17) is 34.4 Å². The number of terminal acetylenes is 1. The van der Waals surface area contributed by atoms with Gasteiger partial charge in [-0.05, 0) is 17.4 Å². The Bertz CT molecular complexity index is 619. The molecule has 0 radical (unpaired) electrons. The third-order valence-corrected chi connectivity index (χ3v) is 4.47. The third kappa shape index (κ3) is 3.46. The van der Waals surface area contributed by atoms with E-state index in [2.05, 4.69) is 11.2 Å². The Hall–Kier alpha value is -1.71. The minimum atomic E-state index is -0.910. The van der Waals surface area contributed by atoms with Gasteiger partial charge in [0.25, 0.3) is 5.91 Å². The van der Waals surface area contributed by atoms with E-state index in [9.17, 15) is 14.4 Å². The number of amides is 3. The van der Waals surface area contributed by atoms with Crippen LogP contribution in [0.15, 0.2) is 10.6 Å². The zero-order chi connectivity index (χ0) is 17.4. The normalized spacial score (nSPS) is 28.0. The fourth-order valence-corrected chi connectivity index (χ4v) is 3.03. The summed E-state index contributed by atoms with van der Waals surface area (Å²) in [4.78, 5) is 36.6. The Morgan fingerprint density at radius 1 is 1.48 bits per heavy atom. The van der Waals surface area contributed by atoms with Crippen LogP contribution in [0.4, 0.5) is 4.79 Å². The summed E-state index contributed by atoms with van der Waals surface area (Å²) in [5, 5.41) is 2.43. The van der Waals surface area contributed by atoms with E-state index in [0.717, 1.165) is 4.90 Å². The molecule has 1 heterocycles. The van der Waals surface area contributed by atoms with Gasteiger partial charge in [0.05, 0.1) is 12.5 Å². The van der Waals surface area contributed by atoms with E-state index in [-0.39, 0.29) is 34.9 Å². The highest BCUT2D eigenvalue weighted by molar-refractivity contribution is 6.55. The molecule has 2 rings (SSSR count). The first-order valence-electron chi connectivity index (χ1n) is 6.95. The summed E-state index contributed by atoms with van der Waals surface area (Å²) >= 11 is 11.3. The SMILES string of the molecule is C#CCN1C(=O)NC(COC(=O)C2C(C=C(Cl)Cl)C2(C)C)C1=O. The summed E-state index contributed by atoms with van der Waals surface area (Å²) in [6.07, 6.45) is 6.70. The Morgan fingerprint density at radius 3 is 2.70 bits per heavy atom.